The number of para-hydroxylation sites is 2. The summed E-state index contributed by atoms with van der Waals surface area (Å²) >= 11 is 0. The van der Waals surface area contributed by atoms with E-state index < -0.39 is 0 Å². The van der Waals surface area contributed by atoms with Gasteiger partial charge in [0.25, 0.3) is 0 Å². The Morgan fingerprint density at radius 1 is 0.850 bits per heavy atom. The van der Waals surface area contributed by atoms with Gasteiger partial charge in [0.05, 0.1) is 11.4 Å². The van der Waals surface area contributed by atoms with Crippen LogP contribution in [0.25, 0.3) is 0 Å². The maximum Gasteiger partial charge on any atom is 0.0617 e. The second-order valence-corrected chi connectivity index (χ2v) is 5.31. The fourth-order valence-corrected chi connectivity index (χ4v) is 2.67. The number of nitrogens with zero attached hydrogens (tertiary/aromatic N) is 1. The van der Waals surface area contributed by atoms with Gasteiger partial charge in [0.15, 0.2) is 0 Å². The van der Waals surface area contributed by atoms with E-state index >= 15 is 0 Å². The Balaban J connectivity index is 1.71. The van der Waals surface area contributed by atoms with Crippen molar-refractivity contribution in [2.24, 2.45) is 0 Å². The van der Waals surface area contributed by atoms with Gasteiger partial charge >= 0.3 is 0 Å². The van der Waals surface area contributed by atoms with Crippen LogP contribution in [0.4, 0.5) is 22.7 Å². The zero-order chi connectivity index (χ0) is 13.8. The molecule has 0 aliphatic carbocycles. The highest BCUT2D eigenvalue weighted by Crippen LogP contribution is 2.25. The van der Waals surface area contributed by atoms with Crippen molar-refractivity contribution in [1.82, 2.24) is 0 Å². The number of hydrogen-bond acceptors (Lipinski definition) is 3. The lowest BCUT2D eigenvalue weighted by Crippen LogP contribution is -2.29. The first-order valence-corrected chi connectivity index (χ1v) is 7.29. The first-order chi connectivity index (χ1) is 9.83. The second-order valence-electron chi connectivity index (χ2n) is 5.31. The molecule has 0 amide bonds. The molecule has 0 unspecified atom stereocenters. The highest BCUT2D eigenvalue weighted by molar-refractivity contribution is 5.73. The van der Waals surface area contributed by atoms with E-state index in [1.807, 2.05) is 24.3 Å². The first-order valence-electron chi connectivity index (χ1n) is 7.29. The highest BCUT2D eigenvalue weighted by Gasteiger charge is 2.10. The van der Waals surface area contributed by atoms with E-state index in [9.17, 15) is 0 Å². The smallest absolute Gasteiger partial charge is 0.0617 e. The summed E-state index contributed by atoms with van der Waals surface area (Å²) < 4.78 is 0. The number of hydrogen-bond donors (Lipinski definition) is 2. The third-order valence-electron chi connectivity index (χ3n) is 3.83. The van der Waals surface area contributed by atoms with Crippen LogP contribution in [0.1, 0.15) is 19.3 Å². The van der Waals surface area contributed by atoms with Crippen molar-refractivity contribution >= 4 is 22.7 Å². The van der Waals surface area contributed by atoms with E-state index in [1.54, 1.807) is 0 Å². The molecule has 20 heavy (non-hydrogen) atoms. The lowest BCUT2D eigenvalue weighted by Gasteiger charge is -2.28. The van der Waals surface area contributed by atoms with Crippen LogP contribution in [-0.4, -0.2) is 13.1 Å². The Hall–Kier alpha value is -2.16. The highest BCUT2D eigenvalue weighted by atomic mass is 15.1. The molecule has 3 rings (SSSR count). The standard InChI is InChI=1S/C17H21N3/c18-16-6-2-3-7-17(16)19-14-8-10-15(11-9-14)20-12-4-1-5-13-20/h2-3,6-11,19H,1,4-5,12-13,18H2. The molecule has 0 saturated carbocycles. The van der Waals surface area contributed by atoms with Crippen molar-refractivity contribution in [3.05, 3.63) is 48.5 Å². The van der Waals surface area contributed by atoms with Crippen molar-refractivity contribution in [3.63, 3.8) is 0 Å². The Bertz CT molecular complexity index is 557. The molecule has 3 heteroatoms. The molecule has 3 nitrogen and oxygen atoms in total. The minimum Gasteiger partial charge on any atom is -0.397 e. The summed E-state index contributed by atoms with van der Waals surface area (Å²) in [6.07, 6.45) is 3.98. The van der Waals surface area contributed by atoms with E-state index in [0.29, 0.717) is 0 Å². The normalized spacial score (nSPS) is 15.1. The number of benzene rings is 2. The summed E-state index contributed by atoms with van der Waals surface area (Å²) in [4.78, 5) is 2.46. The minimum atomic E-state index is 0.771. The SMILES string of the molecule is Nc1ccccc1Nc1ccc(N2CCCCC2)cc1. The van der Waals surface area contributed by atoms with Gasteiger partial charge in [-0.2, -0.15) is 0 Å². The average molecular weight is 267 g/mol. The molecule has 1 fully saturated rings. The zero-order valence-electron chi connectivity index (χ0n) is 11.7. The molecule has 1 aliphatic rings. The number of nitrogens with two attached hydrogens (primary N) is 1. The summed E-state index contributed by atoms with van der Waals surface area (Å²) in [7, 11) is 0. The maximum absolute atomic E-state index is 5.94. The lowest BCUT2D eigenvalue weighted by molar-refractivity contribution is 0.578. The summed E-state index contributed by atoms with van der Waals surface area (Å²) in [5, 5.41) is 3.36. The second kappa shape index (κ2) is 5.87. The summed E-state index contributed by atoms with van der Waals surface area (Å²) in [6.45, 7) is 2.36. The molecule has 2 aromatic rings. The van der Waals surface area contributed by atoms with Gasteiger partial charge in [0, 0.05) is 24.5 Å². The molecule has 0 spiro atoms. The van der Waals surface area contributed by atoms with Gasteiger partial charge < -0.3 is 16.0 Å². The van der Waals surface area contributed by atoms with E-state index in [-0.39, 0.29) is 0 Å². The van der Waals surface area contributed by atoms with Crippen LogP contribution in [0.15, 0.2) is 48.5 Å². The number of anilines is 4. The fourth-order valence-electron chi connectivity index (χ4n) is 2.67. The van der Waals surface area contributed by atoms with Crippen molar-refractivity contribution in [3.8, 4) is 0 Å². The molecule has 104 valence electrons. The topological polar surface area (TPSA) is 41.3 Å². The van der Waals surface area contributed by atoms with E-state index in [0.717, 1.165) is 17.1 Å². The van der Waals surface area contributed by atoms with Crippen molar-refractivity contribution < 1.29 is 0 Å². The van der Waals surface area contributed by atoms with Crippen LogP contribution in [0.2, 0.25) is 0 Å². The quantitative estimate of drug-likeness (QED) is 0.826. The number of piperidine rings is 1. The number of nitrogens with one attached hydrogen (secondary N) is 1. The monoisotopic (exact) mass is 267 g/mol. The molecular weight excluding hydrogens is 246 g/mol. The van der Waals surface area contributed by atoms with Gasteiger partial charge in [-0.25, -0.2) is 0 Å². The maximum atomic E-state index is 5.94. The molecule has 3 N–H and O–H groups in total. The average Bonchev–Trinajstić information content (AvgIpc) is 2.51. The number of rotatable bonds is 3. The molecular formula is C17H21N3. The first kappa shape index (κ1) is 12.9. The van der Waals surface area contributed by atoms with E-state index in [4.69, 9.17) is 5.73 Å². The van der Waals surface area contributed by atoms with Gasteiger partial charge in [-0.1, -0.05) is 12.1 Å². The molecule has 0 radical (unpaired) electrons. The van der Waals surface area contributed by atoms with Gasteiger partial charge in [0.1, 0.15) is 0 Å². The molecule has 1 saturated heterocycles. The fraction of sp³-hybridized carbons (Fsp3) is 0.294. The van der Waals surface area contributed by atoms with E-state index in [2.05, 4.69) is 34.5 Å². The summed E-state index contributed by atoms with van der Waals surface area (Å²) in [5.74, 6) is 0. The molecule has 2 aromatic carbocycles. The summed E-state index contributed by atoms with van der Waals surface area (Å²) in [5.41, 5.74) is 10.1. The van der Waals surface area contributed by atoms with Crippen LogP contribution in [0.3, 0.4) is 0 Å². The van der Waals surface area contributed by atoms with Crippen molar-refractivity contribution in [2.45, 2.75) is 19.3 Å². The third-order valence-corrected chi connectivity index (χ3v) is 3.83. The predicted octanol–water partition coefficient (Wildman–Crippen LogP) is 4.00. The van der Waals surface area contributed by atoms with Crippen LogP contribution in [0, 0.1) is 0 Å². The van der Waals surface area contributed by atoms with E-state index in [1.165, 1.54) is 38.0 Å². The Morgan fingerprint density at radius 3 is 2.25 bits per heavy atom. The Kier molecular flexibility index (Phi) is 3.77. The van der Waals surface area contributed by atoms with Crippen LogP contribution in [0.5, 0.6) is 0 Å². The Labute approximate surface area is 120 Å². The summed E-state index contributed by atoms with van der Waals surface area (Å²) in [6, 6.07) is 16.4. The van der Waals surface area contributed by atoms with Crippen molar-refractivity contribution in [2.75, 3.05) is 29.0 Å². The van der Waals surface area contributed by atoms with Crippen molar-refractivity contribution in [1.29, 1.82) is 0 Å². The predicted molar refractivity (Wildman–Crippen MR) is 86.6 cm³/mol. The third kappa shape index (κ3) is 2.87. The van der Waals surface area contributed by atoms with Crippen LogP contribution in [-0.2, 0) is 0 Å². The van der Waals surface area contributed by atoms with Gasteiger partial charge in [0.2, 0.25) is 0 Å². The largest absolute Gasteiger partial charge is 0.397 e. The Morgan fingerprint density at radius 2 is 1.55 bits per heavy atom. The molecule has 0 atom stereocenters. The van der Waals surface area contributed by atoms with Crippen LogP contribution < -0.4 is 16.0 Å². The molecule has 1 heterocycles. The van der Waals surface area contributed by atoms with Gasteiger partial charge in [-0.3, -0.25) is 0 Å². The van der Waals surface area contributed by atoms with Gasteiger partial charge in [-0.05, 0) is 55.7 Å². The zero-order valence-corrected chi connectivity index (χ0v) is 11.7. The molecule has 0 aromatic heterocycles. The molecule has 1 aliphatic heterocycles. The lowest BCUT2D eigenvalue weighted by atomic mass is 10.1. The minimum absolute atomic E-state index is 0.771. The molecule has 0 bridgehead atoms. The van der Waals surface area contributed by atoms with Gasteiger partial charge in [-0.15, -0.1) is 0 Å². The van der Waals surface area contributed by atoms with Crippen LogP contribution >= 0.6 is 0 Å². The number of nitrogen functional groups attached to an aromatic ring is 1.